The zero-order chi connectivity index (χ0) is 14.5. The summed E-state index contributed by atoms with van der Waals surface area (Å²) in [4.78, 5) is 22.2. The highest BCUT2D eigenvalue weighted by Crippen LogP contribution is 2.48. The molecule has 2 atom stereocenters. The lowest BCUT2D eigenvalue weighted by atomic mass is 10.1. The van der Waals surface area contributed by atoms with Gasteiger partial charge in [-0.1, -0.05) is 23.7 Å². The SMILES string of the molecule is NC(=O)NCCCOC(=O)[C@H]1C[C@H]1c1cccc(Cl)c1. The Kier molecular flexibility index (Phi) is 4.84. The molecule has 1 aromatic rings. The normalized spacial score (nSPS) is 20.2. The standard InChI is InChI=1S/C14H17ClN2O3/c15-10-4-1-3-9(7-10)11-8-12(11)13(18)20-6-2-5-17-14(16)19/h1,3-4,7,11-12H,2,5-6,8H2,(H3,16,17,19)/t11-,12-/m0/s1. The third-order valence-electron chi connectivity index (χ3n) is 3.23. The molecule has 108 valence electrons. The molecule has 3 N–H and O–H groups in total. The summed E-state index contributed by atoms with van der Waals surface area (Å²) in [7, 11) is 0. The molecule has 0 aromatic heterocycles. The van der Waals surface area contributed by atoms with Gasteiger partial charge in [0.2, 0.25) is 0 Å². The van der Waals surface area contributed by atoms with Crippen LogP contribution in [0.5, 0.6) is 0 Å². The van der Waals surface area contributed by atoms with Gasteiger partial charge in [-0.3, -0.25) is 4.79 Å². The fourth-order valence-electron chi connectivity index (χ4n) is 2.12. The molecule has 1 fully saturated rings. The number of hydrogen-bond acceptors (Lipinski definition) is 3. The van der Waals surface area contributed by atoms with E-state index < -0.39 is 6.03 Å². The second-order valence-corrected chi connectivity index (χ2v) is 5.25. The highest BCUT2D eigenvalue weighted by molar-refractivity contribution is 6.30. The third kappa shape index (κ3) is 4.13. The lowest BCUT2D eigenvalue weighted by Crippen LogP contribution is -2.30. The molecule has 1 saturated carbocycles. The molecule has 1 aliphatic carbocycles. The lowest BCUT2D eigenvalue weighted by Gasteiger charge is -2.05. The molecule has 0 spiro atoms. The Morgan fingerprint density at radius 1 is 1.45 bits per heavy atom. The van der Waals surface area contributed by atoms with E-state index in [1.165, 1.54) is 0 Å². The fourth-order valence-corrected chi connectivity index (χ4v) is 2.32. The van der Waals surface area contributed by atoms with Crippen molar-refractivity contribution in [3.05, 3.63) is 34.9 Å². The second kappa shape index (κ2) is 6.61. The molecule has 0 saturated heterocycles. The number of urea groups is 1. The number of rotatable bonds is 6. The highest BCUT2D eigenvalue weighted by atomic mass is 35.5. The zero-order valence-electron chi connectivity index (χ0n) is 11.0. The number of primary amides is 1. The van der Waals surface area contributed by atoms with Crippen molar-refractivity contribution in [3.8, 4) is 0 Å². The lowest BCUT2D eigenvalue weighted by molar-refractivity contribution is -0.145. The van der Waals surface area contributed by atoms with Gasteiger partial charge < -0.3 is 15.8 Å². The van der Waals surface area contributed by atoms with Crippen LogP contribution in [0.25, 0.3) is 0 Å². The first-order valence-electron chi connectivity index (χ1n) is 6.53. The zero-order valence-corrected chi connectivity index (χ0v) is 11.7. The van der Waals surface area contributed by atoms with E-state index in [1.807, 2.05) is 24.3 Å². The molecular formula is C14H17ClN2O3. The number of ether oxygens (including phenoxy) is 1. The van der Waals surface area contributed by atoms with Gasteiger partial charge in [0.15, 0.2) is 0 Å². The van der Waals surface area contributed by atoms with Crippen LogP contribution in [-0.4, -0.2) is 25.2 Å². The summed E-state index contributed by atoms with van der Waals surface area (Å²) in [5.74, 6) is -0.0449. The maximum absolute atomic E-state index is 11.8. The van der Waals surface area contributed by atoms with Gasteiger partial charge in [0.05, 0.1) is 12.5 Å². The summed E-state index contributed by atoms with van der Waals surface area (Å²) in [5.41, 5.74) is 6.00. The molecule has 20 heavy (non-hydrogen) atoms. The molecule has 1 aliphatic rings. The van der Waals surface area contributed by atoms with Crippen molar-refractivity contribution in [3.63, 3.8) is 0 Å². The van der Waals surface area contributed by atoms with Crippen molar-refractivity contribution in [1.29, 1.82) is 0 Å². The van der Waals surface area contributed by atoms with E-state index in [0.717, 1.165) is 12.0 Å². The van der Waals surface area contributed by atoms with Crippen LogP contribution < -0.4 is 11.1 Å². The largest absolute Gasteiger partial charge is 0.465 e. The Balaban J connectivity index is 1.69. The van der Waals surface area contributed by atoms with E-state index in [1.54, 1.807) is 0 Å². The van der Waals surface area contributed by atoms with Crippen molar-refractivity contribution in [2.24, 2.45) is 11.7 Å². The number of carbonyl (C=O) groups excluding carboxylic acids is 2. The van der Waals surface area contributed by atoms with E-state index in [0.29, 0.717) is 18.0 Å². The second-order valence-electron chi connectivity index (χ2n) is 4.82. The number of esters is 1. The van der Waals surface area contributed by atoms with Crippen molar-refractivity contribution in [1.82, 2.24) is 5.32 Å². The van der Waals surface area contributed by atoms with Crippen molar-refractivity contribution in [2.75, 3.05) is 13.2 Å². The molecule has 6 heteroatoms. The first kappa shape index (κ1) is 14.7. The number of halogens is 1. The van der Waals surface area contributed by atoms with Crippen LogP contribution in [0.15, 0.2) is 24.3 Å². The van der Waals surface area contributed by atoms with Crippen molar-refractivity contribution in [2.45, 2.75) is 18.8 Å². The number of nitrogens with two attached hydrogens (primary N) is 1. The molecular weight excluding hydrogens is 280 g/mol. The topological polar surface area (TPSA) is 81.4 Å². The average molecular weight is 297 g/mol. The van der Waals surface area contributed by atoms with Gasteiger partial charge >= 0.3 is 12.0 Å². The minimum atomic E-state index is -0.570. The number of carbonyl (C=O) groups is 2. The molecule has 0 aliphatic heterocycles. The van der Waals surface area contributed by atoms with E-state index in [2.05, 4.69) is 5.32 Å². The van der Waals surface area contributed by atoms with Crippen molar-refractivity contribution < 1.29 is 14.3 Å². The Labute approximate surface area is 122 Å². The fraction of sp³-hybridized carbons (Fsp3) is 0.429. The quantitative estimate of drug-likeness (QED) is 0.622. The predicted molar refractivity (Wildman–Crippen MR) is 75.5 cm³/mol. The van der Waals surface area contributed by atoms with Crippen LogP contribution in [0.3, 0.4) is 0 Å². The van der Waals surface area contributed by atoms with Gasteiger partial charge in [0.25, 0.3) is 0 Å². The molecule has 0 radical (unpaired) electrons. The summed E-state index contributed by atoms with van der Waals surface area (Å²) >= 11 is 5.93. The van der Waals surface area contributed by atoms with Gasteiger partial charge in [0, 0.05) is 11.6 Å². The minimum Gasteiger partial charge on any atom is -0.465 e. The summed E-state index contributed by atoms with van der Waals surface area (Å²) in [5, 5.41) is 3.12. The van der Waals surface area contributed by atoms with Gasteiger partial charge in [-0.2, -0.15) is 0 Å². The van der Waals surface area contributed by atoms with Crippen LogP contribution in [0.1, 0.15) is 24.3 Å². The van der Waals surface area contributed by atoms with E-state index in [4.69, 9.17) is 22.1 Å². The molecule has 2 amide bonds. The first-order chi connectivity index (χ1) is 9.58. The van der Waals surface area contributed by atoms with E-state index in [9.17, 15) is 9.59 Å². The summed E-state index contributed by atoms with van der Waals surface area (Å²) in [6.07, 6.45) is 1.36. The number of benzene rings is 1. The van der Waals surface area contributed by atoms with Crippen LogP contribution in [-0.2, 0) is 9.53 Å². The summed E-state index contributed by atoms with van der Waals surface area (Å²) in [6, 6.07) is 6.98. The Bertz CT molecular complexity index is 507. The number of nitrogens with one attached hydrogen (secondary N) is 1. The summed E-state index contributed by atoms with van der Waals surface area (Å²) in [6.45, 7) is 0.697. The summed E-state index contributed by atoms with van der Waals surface area (Å²) < 4.78 is 5.17. The van der Waals surface area contributed by atoms with Gasteiger partial charge in [-0.25, -0.2) is 4.79 Å². The maximum atomic E-state index is 11.8. The van der Waals surface area contributed by atoms with Gasteiger partial charge in [0.1, 0.15) is 0 Å². The Morgan fingerprint density at radius 3 is 2.95 bits per heavy atom. The van der Waals surface area contributed by atoms with Gasteiger partial charge in [-0.05, 0) is 36.5 Å². The van der Waals surface area contributed by atoms with Crippen LogP contribution in [0.2, 0.25) is 5.02 Å². The monoisotopic (exact) mass is 296 g/mol. The Morgan fingerprint density at radius 2 is 2.25 bits per heavy atom. The molecule has 0 heterocycles. The smallest absolute Gasteiger partial charge is 0.312 e. The van der Waals surface area contributed by atoms with E-state index >= 15 is 0 Å². The number of hydrogen-bond donors (Lipinski definition) is 2. The maximum Gasteiger partial charge on any atom is 0.312 e. The minimum absolute atomic E-state index is 0.0717. The molecule has 0 bridgehead atoms. The molecule has 2 rings (SSSR count). The van der Waals surface area contributed by atoms with Crippen LogP contribution in [0.4, 0.5) is 4.79 Å². The van der Waals surface area contributed by atoms with Gasteiger partial charge in [-0.15, -0.1) is 0 Å². The highest BCUT2D eigenvalue weighted by Gasteiger charge is 2.45. The van der Waals surface area contributed by atoms with Crippen molar-refractivity contribution >= 4 is 23.6 Å². The van der Waals surface area contributed by atoms with Crippen LogP contribution in [0, 0.1) is 5.92 Å². The first-order valence-corrected chi connectivity index (χ1v) is 6.91. The molecule has 1 aromatic carbocycles. The number of amides is 2. The third-order valence-corrected chi connectivity index (χ3v) is 3.47. The van der Waals surface area contributed by atoms with E-state index in [-0.39, 0.29) is 24.4 Å². The molecule has 5 nitrogen and oxygen atoms in total. The molecule has 0 unspecified atom stereocenters. The Hall–Kier alpha value is -1.75. The average Bonchev–Trinajstić information content (AvgIpc) is 3.18. The predicted octanol–water partition coefficient (Wildman–Crippen LogP) is 2.05. The van der Waals surface area contributed by atoms with Crippen LogP contribution >= 0.6 is 11.6 Å².